The van der Waals surface area contributed by atoms with Gasteiger partial charge in [0.05, 0.1) is 11.0 Å². The van der Waals surface area contributed by atoms with Gasteiger partial charge in [0.25, 0.3) is 5.91 Å². The second-order valence-corrected chi connectivity index (χ2v) is 10.8. The van der Waals surface area contributed by atoms with E-state index in [0.717, 1.165) is 23.9 Å². The van der Waals surface area contributed by atoms with Crippen molar-refractivity contribution in [3.05, 3.63) is 89.7 Å². The fourth-order valence-electron chi connectivity index (χ4n) is 4.39. The number of nitrogens with one attached hydrogen (secondary N) is 1. The molecule has 0 saturated heterocycles. The first-order valence-electron chi connectivity index (χ1n) is 11.2. The smallest absolute Gasteiger partial charge is 0.258 e. The lowest BCUT2D eigenvalue weighted by Gasteiger charge is -2.17. The average Bonchev–Trinajstić information content (AvgIpc) is 3.40. The number of benzene rings is 3. The van der Waals surface area contributed by atoms with Crippen LogP contribution in [0.25, 0.3) is 11.0 Å². The molecule has 8 nitrogen and oxygen atoms in total. The van der Waals surface area contributed by atoms with Gasteiger partial charge in [-0.15, -0.1) is 0 Å². The molecule has 4 aromatic rings. The predicted octanol–water partition coefficient (Wildman–Crippen LogP) is 3.42. The zero-order chi connectivity index (χ0) is 24.6. The van der Waals surface area contributed by atoms with Crippen molar-refractivity contribution in [3.63, 3.8) is 0 Å². The average molecular weight is 489 g/mol. The van der Waals surface area contributed by atoms with Crippen molar-refractivity contribution in [3.8, 4) is 0 Å². The Labute approximate surface area is 203 Å². The number of fused-ring (bicyclic) bond motifs is 2. The van der Waals surface area contributed by atoms with E-state index < -0.39 is 9.84 Å². The van der Waals surface area contributed by atoms with E-state index in [-0.39, 0.29) is 24.1 Å². The van der Waals surface area contributed by atoms with Crippen LogP contribution in [0.15, 0.2) is 72.8 Å². The summed E-state index contributed by atoms with van der Waals surface area (Å²) >= 11 is 0. The summed E-state index contributed by atoms with van der Waals surface area (Å²) in [5.74, 6) is -0.347. The molecule has 1 N–H and O–H groups in total. The molecular weight excluding hydrogens is 464 g/mol. The van der Waals surface area contributed by atoms with Gasteiger partial charge < -0.3 is 14.8 Å². The molecule has 0 radical (unpaired) electrons. The van der Waals surface area contributed by atoms with E-state index in [4.69, 9.17) is 0 Å². The van der Waals surface area contributed by atoms with Gasteiger partial charge in [-0.05, 0) is 54.4 Å². The molecule has 2 heterocycles. The Kier molecular flexibility index (Phi) is 5.86. The number of carbonyl (C=O) groups excluding carboxylic acids is 2. The maximum absolute atomic E-state index is 13.0. The Morgan fingerprint density at radius 2 is 1.69 bits per heavy atom. The second kappa shape index (κ2) is 8.99. The molecule has 0 aliphatic carbocycles. The molecule has 0 atom stereocenters. The molecule has 178 valence electrons. The maximum Gasteiger partial charge on any atom is 0.258 e. The molecule has 1 aliphatic heterocycles. The van der Waals surface area contributed by atoms with Crippen LogP contribution in [0.4, 0.5) is 11.4 Å². The van der Waals surface area contributed by atoms with Crippen LogP contribution in [0.3, 0.4) is 0 Å². The zero-order valence-electron chi connectivity index (χ0n) is 19.1. The molecule has 35 heavy (non-hydrogen) atoms. The Balaban J connectivity index is 1.31. The number of para-hydroxylation sites is 3. The van der Waals surface area contributed by atoms with Crippen LogP contribution in [0.5, 0.6) is 0 Å². The monoisotopic (exact) mass is 488 g/mol. The number of nitrogens with zero attached hydrogens (tertiary/aromatic N) is 3. The minimum Gasteiger partial charge on any atom is -0.325 e. The SMILES string of the molecule is CS(=O)(=O)Cc1nc2ccccc2n1CC(=O)Nc1ccc(C(=O)N2CCc3ccccc32)cc1. The van der Waals surface area contributed by atoms with Crippen molar-refractivity contribution in [1.29, 1.82) is 0 Å². The first kappa shape index (κ1) is 22.8. The second-order valence-electron chi connectivity index (χ2n) is 8.63. The van der Waals surface area contributed by atoms with Crippen molar-refractivity contribution in [2.45, 2.75) is 18.7 Å². The van der Waals surface area contributed by atoms with Gasteiger partial charge in [-0.25, -0.2) is 13.4 Å². The van der Waals surface area contributed by atoms with E-state index in [2.05, 4.69) is 10.3 Å². The number of hydrogen-bond donors (Lipinski definition) is 1. The van der Waals surface area contributed by atoms with Crippen LogP contribution in [-0.2, 0) is 33.4 Å². The third-order valence-electron chi connectivity index (χ3n) is 5.97. The molecule has 9 heteroatoms. The van der Waals surface area contributed by atoms with E-state index >= 15 is 0 Å². The fourth-order valence-corrected chi connectivity index (χ4v) is 5.08. The number of hydrogen-bond acceptors (Lipinski definition) is 5. The van der Waals surface area contributed by atoms with Crippen LogP contribution < -0.4 is 10.2 Å². The van der Waals surface area contributed by atoms with Crippen molar-refractivity contribution in [2.75, 3.05) is 23.0 Å². The van der Waals surface area contributed by atoms with Gasteiger partial charge in [0.1, 0.15) is 18.1 Å². The van der Waals surface area contributed by atoms with Gasteiger partial charge in [-0.3, -0.25) is 9.59 Å². The summed E-state index contributed by atoms with van der Waals surface area (Å²) in [6.07, 6.45) is 1.97. The van der Waals surface area contributed by atoms with Crippen LogP contribution in [0.1, 0.15) is 21.7 Å². The van der Waals surface area contributed by atoms with Crippen LogP contribution >= 0.6 is 0 Å². The fraction of sp³-hybridized carbons (Fsp3) is 0.192. The summed E-state index contributed by atoms with van der Waals surface area (Å²) in [6.45, 7) is 0.557. The summed E-state index contributed by atoms with van der Waals surface area (Å²) in [5, 5.41) is 2.82. The molecule has 0 fully saturated rings. The summed E-state index contributed by atoms with van der Waals surface area (Å²) < 4.78 is 25.4. The Bertz CT molecular complexity index is 1540. The van der Waals surface area contributed by atoms with Gasteiger partial charge in [0.15, 0.2) is 9.84 Å². The number of carbonyl (C=O) groups is 2. The number of amides is 2. The molecule has 0 bridgehead atoms. The molecule has 5 rings (SSSR count). The Morgan fingerprint density at radius 1 is 0.971 bits per heavy atom. The first-order valence-corrected chi connectivity index (χ1v) is 13.3. The summed E-state index contributed by atoms with van der Waals surface area (Å²) in [5.41, 5.74) is 4.50. The van der Waals surface area contributed by atoms with Gasteiger partial charge in [-0.2, -0.15) is 0 Å². The van der Waals surface area contributed by atoms with Crippen molar-refractivity contribution < 1.29 is 18.0 Å². The highest BCUT2D eigenvalue weighted by atomic mass is 32.2. The quantitative estimate of drug-likeness (QED) is 0.448. The molecule has 0 spiro atoms. The van der Waals surface area contributed by atoms with E-state index in [1.165, 1.54) is 0 Å². The molecule has 3 aromatic carbocycles. The molecular formula is C26H24N4O4S. The lowest BCUT2D eigenvalue weighted by atomic mass is 10.1. The lowest BCUT2D eigenvalue weighted by molar-refractivity contribution is -0.116. The Morgan fingerprint density at radius 3 is 2.46 bits per heavy atom. The third kappa shape index (κ3) is 4.81. The lowest BCUT2D eigenvalue weighted by Crippen LogP contribution is -2.28. The normalized spacial score (nSPS) is 13.1. The first-order chi connectivity index (χ1) is 16.8. The highest BCUT2D eigenvalue weighted by Gasteiger charge is 2.25. The van der Waals surface area contributed by atoms with Crippen LogP contribution in [0.2, 0.25) is 0 Å². The van der Waals surface area contributed by atoms with Gasteiger partial charge in [-0.1, -0.05) is 30.3 Å². The number of sulfone groups is 1. The van der Waals surface area contributed by atoms with Crippen molar-refractivity contribution >= 4 is 44.1 Å². The van der Waals surface area contributed by atoms with Crippen LogP contribution in [0, 0.1) is 0 Å². The maximum atomic E-state index is 13.0. The Hall–Kier alpha value is -3.98. The number of imidazole rings is 1. The van der Waals surface area contributed by atoms with Gasteiger partial charge in [0.2, 0.25) is 5.91 Å². The third-order valence-corrected chi connectivity index (χ3v) is 6.76. The van der Waals surface area contributed by atoms with Gasteiger partial charge in [0, 0.05) is 29.7 Å². The number of anilines is 2. The molecule has 1 aliphatic rings. The predicted molar refractivity (Wildman–Crippen MR) is 135 cm³/mol. The van der Waals surface area contributed by atoms with Crippen LogP contribution in [-0.4, -0.2) is 42.6 Å². The van der Waals surface area contributed by atoms with E-state index in [9.17, 15) is 18.0 Å². The van der Waals surface area contributed by atoms with Crippen molar-refractivity contribution in [2.24, 2.45) is 0 Å². The molecule has 2 amide bonds. The van der Waals surface area contributed by atoms with E-state index in [0.29, 0.717) is 34.7 Å². The van der Waals surface area contributed by atoms with E-state index in [1.807, 2.05) is 36.4 Å². The summed E-state index contributed by atoms with van der Waals surface area (Å²) in [7, 11) is -3.33. The minimum atomic E-state index is -3.33. The van der Waals surface area contributed by atoms with Gasteiger partial charge >= 0.3 is 0 Å². The highest BCUT2D eigenvalue weighted by molar-refractivity contribution is 7.89. The topological polar surface area (TPSA) is 101 Å². The molecule has 0 saturated carbocycles. The summed E-state index contributed by atoms with van der Waals surface area (Å²) in [4.78, 5) is 32.0. The standard InChI is InChI=1S/C26H24N4O4S/c1-35(33,34)17-24-28-21-7-3-5-9-23(21)30(24)16-25(31)27-20-12-10-19(11-13-20)26(32)29-15-14-18-6-2-4-8-22(18)29/h2-13H,14-17H2,1H3,(H,27,31). The number of rotatable bonds is 6. The molecule has 0 unspecified atom stereocenters. The highest BCUT2D eigenvalue weighted by Crippen LogP contribution is 2.29. The zero-order valence-corrected chi connectivity index (χ0v) is 20.0. The van der Waals surface area contributed by atoms with Crippen molar-refractivity contribution in [1.82, 2.24) is 9.55 Å². The minimum absolute atomic E-state index is 0.0804. The number of aromatic nitrogens is 2. The summed E-state index contributed by atoms with van der Waals surface area (Å²) in [6, 6.07) is 21.9. The largest absolute Gasteiger partial charge is 0.325 e. The molecule has 1 aromatic heterocycles. The van der Waals surface area contributed by atoms with E-state index in [1.54, 1.807) is 45.9 Å².